The number of hydrogen-bond acceptors (Lipinski definition) is 5. The smallest absolute Gasteiger partial charge is 0.387 e. The monoisotopic (exact) mass is 1030 g/mol. The van der Waals surface area contributed by atoms with Crippen LogP contribution in [-0.4, -0.2) is 73.4 Å². The van der Waals surface area contributed by atoms with E-state index in [-0.39, 0.29) is 19.1 Å². The van der Waals surface area contributed by atoms with Crippen molar-refractivity contribution >= 4 is 13.7 Å². The molecule has 8 nitrogen and oxygen atoms in total. The van der Waals surface area contributed by atoms with Gasteiger partial charge in [-0.25, -0.2) is 4.57 Å². The summed E-state index contributed by atoms with van der Waals surface area (Å²) in [4.78, 5) is 23.2. The number of likely N-dealkylation sites (N-methyl/N-ethyl adjacent to an activating group) is 1. The normalized spacial score (nSPS) is 15.1. The Morgan fingerprint density at radius 1 is 0.479 bits per heavy atom. The van der Waals surface area contributed by atoms with Crippen LogP contribution < -0.4 is 5.32 Å². The summed E-state index contributed by atoms with van der Waals surface area (Å²) in [6, 6.07) is -0.870. The van der Waals surface area contributed by atoms with E-state index in [0.29, 0.717) is 17.4 Å². The third kappa shape index (κ3) is 55.7. The van der Waals surface area contributed by atoms with Crippen molar-refractivity contribution in [2.45, 2.75) is 199 Å². The maximum atomic E-state index is 12.9. The van der Waals surface area contributed by atoms with E-state index in [0.717, 1.165) is 128 Å². The molecule has 0 aliphatic rings. The second-order valence-electron chi connectivity index (χ2n) is 19.6. The summed E-state index contributed by atoms with van der Waals surface area (Å²) in [6.45, 7) is 4.62. The first kappa shape index (κ1) is 69.1. The SMILES string of the molecule is CC/C=C\C/C=C\C/C=C\C/C=C\C/C=C\C/C=C\C/C=C\C/C=C\C/C=C\C/C=C\C/C=C\C/C=C\CCCCCCC(=O)NC(COP(=O)(O)OCC[N+](C)(C)C)C(O)/C=C/CCCCCCCCCC. The summed E-state index contributed by atoms with van der Waals surface area (Å²) in [5.74, 6) is -0.211. The summed E-state index contributed by atoms with van der Waals surface area (Å²) in [7, 11) is 1.53. The van der Waals surface area contributed by atoms with Crippen LogP contribution in [-0.2, 0) is 18.4 Å². The van der Waals surface area contributed by atoms with Crippen molar-refractivity contribution in [2.24, 2.45) is 0 Å². The van der Waals surface area contributed by atoms with Crippen molar-refractivity contribution in [2.75, 3.05) is 40.9 Å². The van der Waals surface area contributed by atoms with Gasteiger partial charge in [-0.05, 0) is 109 Å². The lowest BCUT2D eigenvalue weighted by molar-refractivity contribution is -0.870. The number of unbranched alkanes of at least 4 members (excludes halogenated alkanes) is 12. The molecule has 3 atom stereocenters. The Morgan fingerprint density at radius 3 is 1.21 bits per heavy atom. The van der Waals surface area contributed by atoms with Crippen molar-refractivity contribution in [3.05, 3.63) is 158 Å². The minimum absolute atomic E-state index is 0.0476. The van der Waals surface area contributed by atoms with E-state index in [1.165, 1.54) is 38.5 Å². The molecule has 3 unspecified atom stereocenters. The molecule has 0 aromatic heterocycles. The van der Waals surface area contributed by atoms with Gasteiger partial charge in [0.05, 0.1) is 39.9 Å². The molecule has 3 N–H and O–H groups in total. The van der Waals surface area contributed by atoms with Crippen LogP contribution in [0.15, 0.2) is 158 Å². The number of quaternary nitrogens is 1. The first-order chi connectivity index (χ1) is 35.5. The second kappa shape index (κ2) is 53.0. The van der Waals surface area contributed by atoms with Crippen LogP contribution >= 0.6 is 7.82 Å². The molecule has 0 heterocycles. The Bertz CT molecular complexity index is 1740. The van der Waals surface area contributed by atoms with E-state index in [1.807, 2.05) is 27.2 Å². The third-order valence-corrected chi connectivity index (χ3v) is 12.5. The highest BCUT2D eigenvalue weighted by Crippen LogP contribution is 2.43. The van der Waals surface area contributed by atoms with Gasteiger partial charge >= 0.3 is 7.82 Å². The van der Waals surface area contributed by atoms with Gasteiger partial charge in [-0.15, -0.1) is 0 Å². The van der Waals surface area contributed by atoms with Crippen LogP contribution in [0.2, 0.25) is 0 Å². The van der Waals surface area contributed by atoms with Crippen LogP contribution in [0, 0.1) is 0 Å². The first-order valence-electron chi connectivity index (χ1n) is 28.4. The zero-order chi connectivity index (χ0) is 53.5. The molecule has 0 aromatic carbocycles. The highest BCUT2D eigenvalue weighted by atomic mass is 31.2. The predicted octanol–water partition coefficient (Wildman–Crippen LogP) is 17.5. The number of carbonyl (C=O) groups excluding carboxylic acids is 1. The van der Waals surface area contributed by atoms with Gasteiger partial charge in [0.2, 0.25) is 5.91 Å². The highest BCUT2D eigenvalue weighted by molar-refractivity contribution is 7.47. The molecule has 0 aromatic rings. The number of nitrogens with one attached hydrogen (secondary N) is 1. The second-order valence-corrected chi connectivity index (χ2v) is 21.0. The van der Waals surface area contributed by atoms with E-state index >= 15 is 0 Å². The van der Waals surface area contributed by atoms with Crippen molar-refractivity contribution in [1.29, 1.82) is 0 Å². The number of hydrogen-bond donors (Lipinski definition) is 3. The summed E-state index contributed by atoms with van der Waals surface area (Å²) < 4.78 is 23.6. The molecule has 0 radical (unpaired) electrons. The number of phosphoric acid groups is 1. The van der Waals surface area contributed by atoms with Gasteiger partial charge in [0.1, 0.15) is 13.2 Å². The van der Waals surface area contributed by atoms with E-state index in [2.05, 4.69) is 165 Å². The quantitative estimate of drug-likeness (QED) is 0.0243. The van der Waals surface area contributed by atoms with E-state index in [1.54, 1.807) is 6.08 Å². The zero-order valence-corrected chi connectivity index (χ0v) is 47.7. The maximum Gasteiger partial charge on any atom is 0.472 e. The number of allylic oxidation sites excluding steroid dienone is 25. The molecule has 0 spiro atoms. The predicted molar refractivity (Wildman–Crippen MR) is 317 cm³/mol. The van der Waals surface area contributed by atoms with Crippen LogP contribution in [0.1, 0.15) is 187 Å². The van der Waals surface area contributed by atoms with Gasteiger partial charge in [0, 0.05) is 6.42 Å². The summed E-state index contributed by atoms with van der Waals surface area (Å²) in [5, 5.41) is 13.8. The van der Waals surface area contributed by atoms with Gasteiger partial charge in [0.25, 0.3) is 0 Å². The Balaban J connectivity index is 4.16. The average Bonchev–Trinajstić information content (AvgIpc) is 3.35. The van der Waals surface area contributed by atoms with Crippen molar-refractivity contribution in [3.8, 4) is 0 Å². The number of rotatable bonds is 49. The van der Waals surface area contributed by atoms with Gasteiger partial charge in [0.15, 0.2) is 0 Å². The van der Waals surface area contributed by atoms with Crippen LogP contribution in [0.25, 0.3) is 0 Å². The molecule has 0 fully saturated rings. The molecule has 412 valence electrons. The van der Waals surface area contributed by atoms with Crippen LogP contribution in [0.3, 0.4) is 0 Å². The van der Waals surface area contributed by atoms with Gasteiger partial charge in [-0.1, -0.05) is 230 Å². The Hall–Kier alpha value is -3.88. The number of amides is 1. The molecular weight excluding hydrogens is 924 g/mol. The largest absolute Gasteiger partial charge is 0.472 e. The number of phosphoric ester groups is 1. The molecule has 0 saturated carbocycles. The van der Waals surface area contributed by atoms with Crippen molar-refractivity contribution < 1.29 is 32.9 Å². The fourth-order valence-corrected chi connectivity index (χ4v) is 7.82. The topological polar surface area (TPSA) is 105 Å². The lowest BCUT2D eigenvalue weighted by Crippen LogP contribution is -2.45. The fourth-order valence-electron chi connectivity index (χ4n) is 7.08. The van der Waals surface area contributed by atoms with Gasteiger partial charge in [-0.2, -0.15) is 0 Å². The third-order valence-electron chi connectivity index (χ3n) is 11.5. The van der Waals surface area contributed by atoms with Crippen LogP contribution in [0.5, 0.6) is 0 Å². The molecular formula is C64H106N2O6P+. The maximum absolute atomic E-state index is 12.9. The van der Waals surface area contributed by atoms with Gasteiger partial charge < -0.3 is 19.8 Å². The minimum atomic E-state index is -4.36. The molecule has 1 amide bonds. The van der Waals surface area contributed by atoms with Crippen LogP contribution in [0.4, 0.5) is 0 Å². The molecule has 9 heteroatoms. The number of carbonyl (C=O) groups is 1. The van der Waals surface area contributed by atoms with E-state index < -0.39 is 20.0 Å². The zero-order valence-electron chi connectivity index (χ0n) is 46.8. The lowest BCUT2D eigenvalue weighted by atomic mass is 10.1. The van der Waals surface area contributed by atoms with E-state index in [4.69, 9.17) is 9.05 Å². The van der Waals surface area contributed by atoms with Crippen molar-refractivity contribution in [3.63, 3.8) is 0 Å². The van der Waals surface area contributed by atoms with E-state index in [9.17, 15) is 19.4 Å². The Morgan fingerprint density at radius 2 is 0.822 bits per heavy atom. The van der Waals surface area contributed by atoms with Crippen molar-refractivity contribution in [1.82, 2.24) is 5.32 Å². The summed E-state index contributed by atoms with van der Waals surface area (Å²) >= 11 is 0. The molecule has 73 heavy (non-hydrogen) atoms. The summed E-state index contributed by atoms with van der Waals surface area (Å²) in [5.41, 5.74) is 0. The fraction of sp³-hybridized carbons (Fsp3) is 0.578. The molecule has 0 aliphatic heterocycles. The first-order valence-corrected chi connectivity index (χ1v) is 29.9. The highest BCUT2D eigenvalue weighted by Gasteiger charge is 2.27. The Labute approximate surface area is 448 Å². The Kier molecular flexibility index (Phi) is 50.1. The lowest BCUT2D eigenvalue weighted by Gasteiger charge is -2.25. The average molecular weight is 1030 g/mol. The molecule has 0 bridgehead atoms. The number of aliphatic hydroxyl groups excluding tert-OH is 1. The van der Waals surface area contributed by atoms with Gasteiger partial charge in [-0.3, -0.25) is 13.8 Å². The minimum Gasteiger partial charge on any atom is -0.387 e. The number of nitrogens with zero attached hydrogens (tertiary/aromatic N) is 1. The standard InChI is InChI=1S/C64H105N2O6P/c1-6-8-10-12-14-16-18-19-20-21-22-23-24-25-26-27-28-29-30-31-32-33-34-35-36-37-38-39-40-41-42-43-44-45-46-47-48-50-52-54-56-58-64(68)65-62(61-72-73(69,70)71-60-59-66(3,4)5)63(67)57-55-53-51-49-17-15-13-11-9-7-2/h8,10,14,16,19-20,22-23,25-26,28-29,31-32,34-35,37-38,40-41,43-44,46-47,55,57,62-63,67H,6-7,9,11-13,15,17-18,21,24,27,30,33,36,39,42,45,48-54,56,58-61H2,1-5H3,(H-,65,68,69,70)/p+1/b10-8-,16-14-,20-19-,23-22-,26-25-,29-28-,32-31-,35-34-,38-37-,41-40-,44-43-,47-46-,57-55+. The molecule has 0 rings (SSSR count). The molecule has 0 aliphatic carbocycles. The number of aliphatic hydroxyl groups is 1. The summed E-state index contributed by atoms with van der Waals surface area (Å²) in [6.07, 6.45) is 83.6. The molecule has 0 saturated heterocycles.